The fraction of sp³-hybridized carbons (Fsp3) is 0.375. The topological polar surface area (TPSA) is 66.5 Å². The molecule has 2 aromatic rings. The van der Waals surface area contributed by atoms with Gasteiger partial charge in [0.05, 0.1) is 13.7 Å². The Morgan fingerprint density at radius 2 is 2.10 bits per heavy atom. The molecule has 2 heterocycles. The van der Waals surface area contributed by atoms with Crippen LogP contribution in [0.2, 0.25) is 0 Å². The zero-order chi connectivity index (χ0) is 21.8. The number of rotatable bonds is 6. The van der Waals surface area contributed by atoms with Gasteiger partial charge < -0.3 is 23.7 Å². The van der Waals surface area contributed by atoms with E-state index in [1.165, 1.54) is 0 Å². The molecule has 0 N–H and O–H groups in total. The first kappa shape index (κ1) is 20.9. The molecule has 0 spiro atoms. The first-order valence-electron chi connectivity index (χ1n) is 10.2. The highest BCUT2D eigenvalue weighted by Gasteiger charge is 2.33. The molecule has 0 saturated heterocycles. The second-order valence-corrected chi connectivity index (χ2v) is 7.22. The summed E-state index contributed by atoms with van der Waals surface area (Å²) in [5.41, 5.74) is 2.70. The van der Waals surface area contributed by atoms with Crippen LogP contribution in [-0.4, -0.2) is 51.9 Å². The van der Waals surface area contributed by atoms with E-state index < -0.39 is 0 Å². The summed E-state index contributed by atoms with van der Waals surface area (Å²) >= 11 is 0. The van der Waals surface area contributed by atoms with Crippen molar-refractivity contribution >= 4 is 6.29 Å². The standard InChI is InChI=1S/C24H25NO6/c1-4-28-20-12-16(14-26)7-8-19(20)29-11-5-6-18-22-17(9-10-25(18)2)13-21-23(24(22)27-3)31-15-30-21/h7-8,12-14,18H,4,9-11,15H2,1-3H3. The van der Waals surface area contributed by atoms with Crippen LogP contribution in [-0.2, 0) is 6.42 Å². The van der Waals surface area contributed by atoms with E-state index in [0.717, 1.165) is 36.1 Å². The van der Waals surface area contributed by atoms with Gasteiger partial charge >= 0.3 is 0 Å². The Morgan fingerprint density at radius 3 is 2.87 bits per heavy atom. The number of likely N-dealkylation sites (N-methyl/N-ethyl adjacent to an activating group) is 1. The van der Waals surface area contributed by atoms with Gasteiger partial charge in [-0.3, -0.25) is 9.69 Å². The number of fused-ring (bicyclic) bond motifs is 2. The number of nitrogens with zero attached hydrogens (tertiary/aromatic N) is 1. The summed E-state index contributed by atoms with van der Waals surface area (Å²) in [6.45, 7) is 3.61. The molecule has 2 aliphatic rings. The molecular formula is C24H25NO6. The van der Waals surface area contributed by atoms with Crippen molar-refractivity contribution in [3.05, 3.63) is 41.0 Å². The summed E-state index contributed by atoms with van der Waals surface area (Å²) in [5, 5.41) is 0. The molecule has 0 radical (unpaired) electrons. The van der Waals surface area contributed by atoms with Crippen LogP contribution in [0.15, 0.2) is 24.3 Å². The van der Waals surface area contributed by atoms with Gasteiger partial charge in [-0.1, -0.05) is 11.8 Å². The minimum Gasteiger partial charge on any atom is -0.492 e. The Balaban J connectivity index is 1.56. The van der Waals surface area contributed by atoms with Gasteiger partial charge in [-0.25, -0.2) is 0 Å². The smallest absolute Gasteiger partial charge is 0.231 e. The summed E-state index contributed by atoms with van der Waals surface area (Å²) in [4.78, 5) is 13.2. The van der Waals surface area contributed by atoms with E-state index in [0.29, 0.717) is 35.2 Å². The van der Waals surface area contributed by atoms with E-state index in [4.69, 9.17) is 23.7 Å². The molecule has 0 amide bonds. The minimum absolute atomic E-state index is 0.152. The lowest BCUT2D eigenvalue weighted by Gasteiger charge is -2.32. The highest BCUT2D eigenvalue weighted by Crippen LogP contribution is 2.49. The van der Waals surface area contributed by atoms with Crippen LogP contribution in [0.3, 0.4) is 0 Å². The SMILES string of the molecule is CCOc1cc(C=O)ccc1OCC#CC1c2c(cc3c(c2OC)OCO3)CCN1C. The fourth-order valence-electron chi connectivity index (χ4n) is 3.85. The average Bonchev–Trinajstić information content (AvgIpc) is 3.25. The van der Waals surface area contributed by atoms with Crippen molar-refractivity contribution in [2.75, 3.05) is 40.7 Å². The van der Waals surface area contributed by atoms with Crippen molar-refractivity contribution in [3.63, 3.8) is 0 Å². The lowest BCUT2D eigenvalue weighted by atomic mass is 9.91. The molecule has 4 rings (SSSR count). The molecule has 2 aliphatic heterocycles. The molecule has 0 bridgehead atoms. The quantitative estimate of drug-likeness (QED) is 0.522. The molecule has 0 aromatic heterocycles. The van der Waals surface area contributed by atoms with Crippen molar-refractivity contribution in [1.82, 2.24) is 4.90 Å². The molecule has 1 unspecified atom stereocenters. The number of hydrogen-bond donors (Lipinski definition) is 0. The number of ether oxygens (including phenoxy) is 5. The zero-order valence-corrected chi connectivity index (χ0v) is 17.9. The largest absolute Gasteiger partial charge is 0.492 e. The molecule has 0 saturated carbocycles. The van der Waals surface area contributed by atoms with Crippen molar-refractivity contribution in [3.8, 4) is 40.6 Å². The molecule has 7 heteroatoms. The maximum Gasteiger partial charge on any atom is 0.231 e. The van der Waals surface area contributed by atoms with E-state index in [9.17, 15) is 4.79 Å². The van der Waals surface area contributed by atoms with Gasteiger partial charge in [-0.05, 0) is 50.2 Å². The number of carbonyl (C=O) groups is 1. The first-order chi connectivity index (χ1) is 15.2. The van der Waals surface area contributed by atoms with Crippen LogP contribution in [0.1, 0.15) is 34.5 Å². The molecule has 0 fully saturated rings. The van der Waals surface area contributed by atoms with Gasteiger partial charge in [0, 0.05) is 17.7 Å². The molecule has 0 aliphatic carbocycles. The van der Waals surface area contributed by atoms with Crippen LogP contribution < -0.4 is 23.7 Å². The number of benzene rings is 2. The van der Waals surface area contributed by atoms with Crippen molar-refractivity contribution < 1.29 is 28.5 Å². The van der Waals surface area contributed by atoms with Gasteiger partial charge in [0.25, 0.3) is 0 Å². The summed E-state index contributed by atoms with van der Waals surface area (Å²) in [5.74, 6) is 9.56. The molecule has 31 heavy (non-hydrogen) atoms. The molecule has 1 atom stereocenters. The Kier molecular flexibility index (Phi) is 6.19. The minimum atomic E-state index is -0.152. The van der Waals surface area contributed by atoms with E-state index >= 15 is 0 Å². The van der Waals surface area contributed by atoms with Gasteiger partial charge in [-0.15, -0.1) is 0 Å². The second-order valence-electron chi connectivity index (χ2n) is 7.22. The van der Waals surface area contributed by atoms with E-state index in [1.807, 2.05) is 20.0 Å². The van der Waals surface area contributed by atoms with Crippen LogP contribution in [0, 0.1) is 11.8 Å². The van der Waals surface area contributed by atoms with Crippen LogP contribution >= 0.6 is 0 Å². The third-order valence-corrected chi connectivity index (χ3v) is 5.34. The highest BCUT2D eigenvalue weighted by molar-refractivity contribution is 5.76. The second kappa shape index (κ2) is 9.19. The monoisotopic (exact) mass is 423 g/mol. The van der Waals surface area contributed by atoms with Crippen molar-refractivity contribution in [2.45, 2.75) is 19.4 Å². The van der Waals surface area contributed by atoms with Crippen molar-refractivity contribution in [1.29, 1.82) is 0 Å². The molecular weight excluding hydrogens is 398 g/mol. The first-order valence-corrected chi connectivity index (χ1v) is 10.2. The molecule has 162 valence electrons. The van der Waals surface area contributed by atoms with Crippen molar-refractivity contribution in [2.24, 2.45) is 0 Å². The number of hydrogen-bond acceptors (Lipinski definition) is 7. The fourth-order valence-corrected chi connectivity index (χ4v) is 3.85. The summed E-state index contributed by atoms with van der Waals surface area (Å²) < 4.78 is 28.3. The van der Waals surface area contributed by atoms with Crippen LogP contribution in [0.4, 0.5) is 0 Å². The third kappa shape index (κ3) is 4.12. The Morgan fingerprint density at radius 1 is 1.23 bits per heavy atom. The molecule has 2 aromatic carbocycles. The Bertz CT molecular complexity index is 1040. The maximum atomic E-state index is 11.0. The van der Waals surface area contributed by atoms with Crippen LogP contribution in [0.25, 0.3) is 0 Å². The highest BCUT2D eigenvalue weighted by atomic mass is 16.7. The lowest BCUT2D eigenvalue weighted by Crippen LogP contribution is -2.31. The van der Waals surface area contributed by atoms with Gasteiger partial charge in [0.2, 0.25) is 12.5 Å². The normalized spacial score (nSPS) is 16.7. The summed E-state index contributed by atoms with van der Waals surface area (Å²) in [7, 11) is 3.68. The number of methoxy groups -OCH3 is 1. The Labute approximate surface area is 181 Å². The summed E-state index contributed by atoms with van der Waals surface area (Å²) in [6, 6.07) is 6.96. The van der Waals surface area contributed by atoms with Crippen LogP contribution in [0.5, 0.6) is 28.7 Å². The maximum absolute atomic E-state index is 11.0. The zero-order valence-electron chi connectivity index (χ0n) is 17.9. The van der Waals surface area contributed by atoms with Gasteiger partial charge in [0.15, 0.2) is 23.0 Å². The summed E-state index contributed by atoms with van der Waals surface area (Å²) in [6.07, 6.45) is 1.66. The molecule has 7 nitrogen and oxygen atoms in total. The van der Waals surface area contributed by atoms with Gasteiger partial charge in [0.1, 0.15) is 18.9 Å². The number of aldehydes is 1. The van der Waals surface area contributed by atoms with E-state index in [1.54, 1.807) is 25.3 Å². The Hall–Kier alpha value is -3.37. The third-order valence-electron chi connectivity index (χ3n) is 5.34. The number of carbonyl (C=O) groups excluding carboxylic acids is 1. The predicted molar refractivity (Wildman–Crippen MR) is 114 cm³/mol. The van der Waals surface area contributed by atoms with E-state index in [2.05, 4.69) is 16.7 Å². The predicted octanol–water partition coefficient (Wildman–Crippen LogP) is 3.25. The average molecular weight is 423 g/mol. The lowest BCUT2D eigenvalue weighted by molar-refractivity contribution is 0.112. The van der Waals surface area contributed by atoms with E-state index in [-0.39, 0.29) is 19.4 Å². The van der Waals surface area contributed by atoms with Gasteiger partial charge in [-0.2, -0.15) is 0 Å².